The maximum atomic E-state index is 15.0. The summed E-state index contributed by atoms with van der Waals surface area (Å²) in [6.45, 7) is 2.88. The molecule has 2 fully saturated rings. The fraction of sp³-hybridized carbons (Fsp3) is 0.478. The average molecular weight is 404 g/mol. The van der Waals surface area contributed by atoms with Gasteiger partial charge in [-0.25, -0.2) is 13.2 Å². The van der Waals surface area contributed by atoms with Gasteiger partial charge in [0, 0.05) is 25.7 Å². The van der Waals surface area contributed by atoms with Crippen molar-refractivity contribution in [1.29, 1.82) is 0 Å². The molecule has 6 heteroatoms. The molecule has 0 radical (unpaired) electrons. The van der Waals surface area contributed by atoms with Gasteiger partial charge in [-0.05, 0) is 54.8 Å². The van der Waals surface area contributed by atoms with E-state index in [2.05, 4.69) is 4.90 Å². The van der Waals surface area contributed by atoms with Gasteiger partial charge in [-0.15, -0.1) is 0 Å². The predicted molar refractivity (Wildman–Crippen MR) is 107 cm³/mol. The van der Waals surface area contributed by atoms with E-state index in [-0.39, 0.29) is 18.4 Å². The normalized spacial score (nSPS) is 25.2. The summed E-state index contributed by atoms with van der Waals surface area (Å²) in [6.07, 6.45) is 1.35. The number of methoxy groups -OCH3 is 1. The zero-order valence-electron chi connectivity index (χ0n) is 16.7. The Labute approximate surface area is 170 Å². The van der Waals surface area contributed by atoms with Gasteiger partial charge in [0.15, 0.2) is 0 Å². The van der Waals surface area contributed by atoms with E-state index < -0.39 is 11.8 Å². The molecule has 156 valence electrons. The third-order valence-corrected chi connectivity index (χ3v) is 6.23. The number of hydrogen-bond acceptors (Lipinski definition) is 3. The first-order valence-corrected chi connectivity index (χ1v) is 10.2. The average Bonchev–Trinajstić information content (AvgIpc) is 3.18. The Morgan fingerprint density at radius 1 is 1.00 bits per heavy atom. The molecule has 0 spiro atoms. The summed E-state index contributed by atoms with van der Waals surface area (Å²) >= 11 is 0. The van der Waals surface area contributed by atoms with Gasteiger partial charge in [-0.3, -0.25) is 9.80 Å². The van der Waals surface area contributed by atoms with Crippen LogP contribution in [0.25, 0.3) is 0 Å². The molecule has 0 saturated carbocycles. The molecule has 0 bridgehead atoms. The molecule has 2 heterocycles. The van der Waals surface area contributed by atoms with Crippen LogP contribution in [-0.4, -0.2) is 55.1 Å². The molecule has 0 N–H and O–H groups in total. The van der Waals surface area contributed by atoms with Gasteiger partial charge < -0.3 is 4.74 Å². The summed E-state index contributed by atoms with van der Waals surface area (Å²) < 4.78 is 48.2. The lowest BCUT2D eigenvalue weighted by Crippen LogP contribution is -2.51. The van der Waals surface area contributed by atoms with Crippen molar-refractivity contribution >= 4 is 0 Å². The summed E-state index contributed by atoms with van der Waals surface area (Å²) in [4.78, 5) is 4.23. The van der Waals surface area contributed by atoms with Gasteiger partial charge in [-0.1, -0.05) is 24.3 Å². The van der Waals surface area contributed by atoms with Gasteiger partial charge in [-0.2, -0.15) is 0 Å². The van der Waals surface area contributed by atoms with E-state index in [1.54, 1.807) is 43.5 Å². The molecule has 2 unspecified atom stereocenters. The first-order chi connectivity index (χ1) is 13.9. The van der Waals surface area contributed by atoms with E-state index in [0.29, 0.717) is 24.3 Å². The van der Waals surface area contributed by atoms with Crippen molar-refractivity contribution in [2.24, 2.45) is 0 Å². The molecule has 0 aliphatic carbocycles. The zero-order valence-corrected chi connectivity index (χ0v) is 16.7. The third-order valence-electron chi connectivity index (χ3n) is 6.23. The van der Waals surface area contributed by atoms with Crippen LogP contribution in [0.15, 0.2) is 48.5 Å². The summed E-state index contributed by atoms with van der Waals surface area (Å²) in [5.74, 6) is -3.06. The quantitative estimate of drug-likeness (QED) is 0.728. The van der Waals surface area contributed by atoms with Crippen molar-refractivity contribution < 1.29 is 17.9 Å². The molecule has 2 saturated heterocycles. The number of halogens is 3. The van der Waals surface area contributed by atoms with Crippen LogP contribution in [0.1, 0.15) is 29.9 Å². The lowest BCUT2D eigenvalue weighted by molar-refractivity contribution is -0.0917. The number of ether oxygens (including phenoxy) is 1. The van der Waals surface area contributed by atoms with Crippen molar-refractivity contribution in [3.8, 4) is 5.75 Å². The molecule has 0 amide bonds. The Morgan fingerprint density at radius 3 is 2.38 bits per heavy atom. The van der Waals surface area contributed by atoms with Crippen LogP contribution in [0.3, 0.4) is 0 Å². The van der Waals surface area contributed by atoms with Crippen LogP contribution in [-0.2, 0) is 6.54 Å². The number of nitrogens with zero attached hydrogens (tertiary/aromatic N) is 2. The Morgan fingerprint density at radius 2 is 1.72 bits per heavy atom. The van der Waals surface area contributed by atoms with Crippen LogP contribution in [0, 0.1) is 5.82 Å². The molecule has 2 aliphatic heterocycles. The van der Waals surface area contributed by atoms with E-state index in [4.69, 9.17) is 4.74 Å². The molecule has 2 aliphatic rings. The van der Waals surface area contributed by atoms with Gasteiger partial charge in [0.25, 0.3) is 5.92 Å². The Bertz CT molecular complexity index is 810. The van der Waals surface area contributed by atoms with Crippen LogP contribution in [0.2, 0.25) is 0 Å². The Hall–Kier alpha value is -2.05. The first-order valence-electron chi connectivity index (χ1n) is 10.2. The van der Waals surface area contributed by atoms with Crippen LogP contribution < -0.4 is 4.74 Å². The minimum absolute atomic E-state index is 0.151. The summed E-state index contributed by atoms with van der Waals surface area (Å²) in [7, 11) is 1.57. The number of benzene rings is 2. The maximum absolute atomic E-state index is 15.0. The van der Waals surface area contributed by atoms with Gasteiger partial charge >= 0.3 is 0 Å². The molecule has 2 aromatic carbocycles. The van der Waals surface area contributed by atoms with E-state index in [9.17, 15) is 4.39 Å². The maximum Gasteiger partial charge on any atom is 0.267 e. The lowest BCUT2D eigenvalue weighted by Gasteiger charge is -2.41. The fourth-order valence-corrected chi connectivity index (χ4v) is 4.63. The second-order valence-corrected chi connectivity index (χ2v) is 8.15. The standard InChI is InChI=1S/C23H27F3N2O/c1-29-21-8-4-18(5-9-21)22-11-13-28(16-23(22,25)26)20-10-12-27(15-20)14-17-2-6-19(24)7-3-17/h2-9,20,22H,10-16H2,1H3. The van der Waals surface area contributed by atoms with E-state index in [1.807, 2.05) is 4.90 Å². The second kappa shape index (κ2) is 8.36. The van der Waals surface area contributed by atoms with E-state index >= 15 is 8.78 Å². The second-order valence-electron chi connectivity index (χ2n) is 8.15. The minimum Gasteiger partial charge on any atom is -0.497 e. The Kier molecular flexibility index (Phi) is 5.83. The first kappa shape index (κ1) is 20.2. The predicted octanol–water partition coefficient (Wildman–Crippen LogP) is 4.53. The summed E-state index contributed by atoms with van der Waals surface area (Å²) in [6, 6.07) is 13.7. The molecule has 29 heavy (non-hydrogen) atoms. The van der Waals surface area contributed by atoms with Crippen molar-refractivity contribution in [2.75, 3.05) is 33.3 Å². The molecular formula is C23H27F3N2O. The van der Waals surface area contributed by atoms with Crippen molar-refractivity contribution in [2.45, 2.75) is 37.3 Å². The van der Waals surface area contributed by atoms with E-state index in [1.165, 1.54) is 12.1 Å². The number of piperidine rings is 1. The summed E-state index contributed by atoms with van der Waals surface area (Å²) in [5, 5.41) is 0. The van der Waals surface area contributed by atoms with Gasteiger partial charge in [0.05, 0.1) is 19.6 Å². The van der Waals surface area contributed by atoms with Crippen molar-refractivity contribution in [3.63, 3.8) is 0 Å². The fourth-order valence-electron chi connectivity index (χ4n) is 4.63. The zero-order chi connectivity index (χ0) is 20.4. The third kappa shape index (κ3) is 4.59. The Balaban J connectivity index is 1.35. The minimum atomic E-state index is -2.75. The van der Waals surface area contributed by atoms with Gasteiger partial charge in [0.2, 0.25) is 0 Å². The summed E-state index contributed by atoms with van der Waals surface area (Å²) in [5.41, 5.74) is 1.73. The van der Waals surface area contributed by atoms with E-state index in [0.717, 1.165) is 31.6 Å². The molecule has 3 nitrogen and oxygen atoms in total. The largest absolute Gasteiger partial charge is 0.497 e. The highest BCUT2D eigenvalue weighted by atomic mass is 19.3. The number of rotatable bonds is 5. The SMILES string of the molecule is COc1ccc(C2CCN(C3CCN(Cc4ccc(F)cc4)C3)CC2(F)F)cc1. The smallest absolute Gasteiger partial charge is 0.267 e. The molecular weight excluding hydrogens is 377 g/mol. The number of likely N-dealkylation sites (tertiary alicyclic amines) is 2. The van der Waals surface area contributed by atoms with Crippen LogP contribution in [0.4, 0.5) is 13.2 Å². The molecule has 4 rings (SSSR count). The lowest BCUT2D eigenvalue weighted by atomic mass is 9.85. The molecule has 0 aromatic heterocycles. The molecule has 2 atom stereocenters. The molecule has 2 aromatic rings. The number of hydrogen-bond donors (Lipinski definition) is 0. The highest BCUT2D eigenvalue weighted by Gasteiger charge is 2.47. The van der Waals surface area contributed by atoms with Crippen LogP contribution >= 0.6 is 0 Å². The van der Waals surface area contributed by atoms with Crippen LogP contribution in [0.5, 0.6) is 5.75 Å². The van der Waals surface area contributed by atoms with Crippen molar-refractivity contribution in [1.82, 2.24) is 9.80 Å². The monoisotopic (exact) mass is 404 g/mol. The number of alkyl halides is 2. The van der Waals surface area contributed by atoms with Crippen molar-refractivity contribution in [3.05, 3.63) is 65.5 Å². The van der Waals surface area contributed by atoms with Gasteiger partial charge in [0.1, 0.15) is 11.6 Å². The highest BCUT2D eigenvalue weighted by molar-refractivity contribution is 5.31. The highest BCUT2D eigenvalue weighted by Crippen LogP contribution is 2.41. The topological polar surface area (TPSA) is 15.7 Å².